The Kier molecular flexibility index (Phi) is 8.33. The molecule has 2 amide bonds. The molecular weight excluding hydrogens is 448 g/mol. The van der Waals surface area contributed by atoms with Crippen molar-refractivity contribution in [2.75, 3.05) is 40.0 Å². The number of carbonyl (C=O) groups excluding carboxylic acids is 2. The van der Waals surface area contributed by atoms with E-state index in [4.69, 9.17) is 9.47 Å². The molecule has 34 heavy (non-hydrogen) atoms. The monoisotopic (exact) mass is 478 g/mol. The maximum atomic E-state index is 13.5. The summed E-state index contributed by atoms with van der Waals surface area (Å²) in [5.41, 5.74) is 2.07. The van der Waals surface area contributed by atoms with Crippen LogP contribution in [0.2, 0.25) is 0 Å². The van der Waals surface area contributed by atoms with Crippen LogP contribution in [0.5, 0.6) is 5.75 Å². The summed E-state index contributed by atoms with van der Waals surface area (Å²) in [6, 6.07) is 21.1. The van der Waals surface area contributed by atoms with E-state index in [1.165, 1.54) is 4.88 Å². The second kappa shape index (κ2) is 11.8. The van der Waals surface area contributed by atoms with Crippen molar-refractivity contribution in [2.24, 2.45) is 0 Å². The highest BCUT2D eigenvalue weighted by Gasteiger charge is 2.33. The van der Waals surface area contributed by atoms with Gasteiger partial charge in [0, 0.05) is 25.1 Å². The number of carbonyl (C=O) groups is 2. The molecule has 178 valence electrons. The SMILES string of the molecule is COCCN(CC(=O)N1CCc2sccc2[C@@H]1COc1ccccc1)C(=O)Cc1ccccc1. The summed E-state index contributed by atoms with van der Waals surface area (Å²) in [5, 5.41) is 2.07. The van der Waals surface area contributed by atoms with Gasteiger partial charge in [-0.2, -0.15) is 0 Å². The van der Waals surface area contributed by atoms with E-state index in [2.05, 4.69) is 11.4 Å². The van der Waals surface area contributed by atoms with Gasteiger partial charge in [-0.3, -0.25) is 9.59 Å². The van der Waals surface area contributed by atoms with Crippen LogP contribution >= 0.6 is 11.3 Å². The van der Waals surface area contributed by atoms with Crippen molar-refractivity contribution in [1.82, 2.24) is 9.80 Å². The highest BCUT2D eigenvalue weighted by Crippen LogP contribution is 2.34. The van der Waals surface area contributed by atoms with Gasteiger partial charge < -0.3 is 19.3 Å². The van der Waals surface area contributed by atoms with Gasteiger partial charge in [0.1, 0.15) is 12.4 Å². The highest BCUT2D eigenvalue weighted by atomic mass is 32.1. The second-order valence-electron chi connectivity index (χ2n) is 8.25. The molecule has 7 heteroatoms. The lowest BCUT2D eigenvalue weighted by Gasteiger charge is -2.37. The van der Waals surface area contributed by atoms with Crippen molar-refractivity contribution >= 4 is 23.2 Å². The van der Waals surface area contributed by atoms with Gasteiger partial charge in [-0.25, -0.2) is 0 Å². The molecule has 0 saturated heterocycles. The molecule has 1 atom stereocenters. The minimum Gasteiger partial charge on any atom is -0.491 e. The fraction of sp³-hybridized carbons (Fsp3) is 0.333. The standard InChI is InChI=1S/C27H30N2O4S/c1-32-16-15-28(26(30)18-21-8-4-2-5-9-21)19-27(31)29-14-12-25-23(13-17-34-25)24(29)20-33-22-10-6-3-7-11-22/h2-11,13,17,24H,12,14-16,18-20H2,1H3/t24-/m0/s1. The summed E-state index contributed by atoms with van der Waals surface area (Å²) >= 11 is 1.72. The zero-order valence-corrected chi connectivity index (χ0v) is 20.2. The summed E-state index contributed by atoms with van der Waals surface area (Å²) in [6.07, 6.45) is 1.07. The number of amides is 2. The van der Waals surface area contributed by atoms with Crippen LogP contribution in [0.1, 0.15) is 22.0 Å². The van der Waals surface area contributed by atoms with Gasteiger partial charge in [0.05, 0.1) is 25.6 Å². The summed E-state index contributed by atoms with van der Waals surface area (Å²) in [6.45, 7) is 1.76. The van der Waals surface area contributed by atoms with Gasteiger partial charge >= 0.3 is 0 Å². The fourth-order valence-corrected chi connectivity index (χ4v) is 5.12. The first kappa shape index (κ1) is 24.0. The van der Waals surface area contributed by atoms with Crippen LogP contribution in [0, 0.1) is 0 Å². The maximum Gasteiger partial charge on any atom is 0.242 e. The summed E-state index contributed by atoms with van der Waals surface area (Å²) < 4.78 is 11.3. The third-order valence-electron chi connectivity index (χ3n) is 6.01. The predicted octanol–water partition coefficient (Wildman–Crippen LogP) is 3.97. The van der Waals surface area contributed by atoms with Gasteiger partial charge in [-0.15, -0.1) is 11.3 Å². The Morgan fingerprint density at radius 3 is 2.53 bits per heavy atom. The highest BCUT2D eigenvalue weighted by molar-refractivity contribution is 7.10. The number of para-hydroxylation sites is 1. The molecule has 1 aliphatic heterocycles. The molecule has 0 bridgehead atoms. The van der Waals surface area contributed by atoms with E-state index in [0.29, 0.717) is 26.3 Å². The molecule has 0 spiro atoms. The molecule has 1 aliphatic rings. The minimum atomic E-state index is -0.184. The molecule has 0 unspecified atom stereocenters. The van der Waals surface area contributed by atoms with Crippen LogP contribution in [0.3, 0.4) is 0 Å². The lowest BCUT2D eigenvalue weighted by atomic mass is 10.0. The summed E-state index contributed by atoms with van der Waals surface area (Å²) in [5.74, 6) is 0.620. The Morgan fingerprint density at radius 1 is 1.06 bits per heavy atom. The molecule has 2 heterocycles. The van der Waals surface area contributed by atoms with Gasteiger partial charge in [0.25, 0.3) is 0 Å². The first-order valence-corrected chi connectivity index (χ1v) is 12.4. The van der Waals surface area contributed by atoms with Crippen LogP contribution in [-0.2, 0) is 27.2 Å². The molecule has 0 aliphatic carbocycles. The topological polar surface area (TPSA) is 59.1 Å². The number of hydrogen-bond acceptors (Lipinski definition) is 5. The first-order chi connectivity index (χ1) is 16.7. The Hall–Kier alpha value is -3.16. The van der Waals surface area contributed by atoms with Crippen molar-refractivity contribution < 1.29 is 19.1 Å². The van der Waals surface area contributed by atoms with Crippen molar-refractivity contribution in [3.63, 3.8) is 0 Å². The molecule has 0 saturated carbocycles. The Morgan fingerprint density at radius 2 is 1.79 bits per heavy atom. The van der Waals surface area contributed by atoms with E-state index in [1.807, 2.05) is 65.6 Å². The third-order valence-corrected chi connectivity index (χ3v) is 7.01. The molecule has 0 radical (unpaired) electrons. The Labute approximate surface area is 204 Å². The minimum absolute atomic E-state index is 0.0241. The predicted molar refractivity (Wildman–Crippen MR) is 133 cm³/mol. The van der Waals surface area contributed by atoms with Crippen molar-refractivity contribution in [1.29, 1.82) is 0 Å². The first-order valence-electron chi connectivity index (χ1n) is 11.5. The van der Waals surface area contributed by atoms with Crippen molar-refractivity contribution in [2.45, 2.75) is 18.9 Å². The van der Waals surface area contributed by atoms with E-state index in [0.717, 1.165) is 23.3 Å². The lowest BCUT2D eigenvalue weighted by Crippen LogP contribution is -2.48. The van der Waals surface area contributed by atoms with Crippen molar-refractivity contribution in [3.8, 4) is 5.75 Å². The average Bonchev–Trinajstić information content (AvgIpc) is 3.35. The van der Waals surface area contributed by atoms with Gasteiger partial charge in [-0.05, 0) is 41.1 Å². The van der Waals surface area contributed by atoms with E-state index in [9.17, 15) is 9.59 Å². The smallest absolute Gasteiger partial charge is 0.242 e. The normalized spacial score (nSPS) is 15.0. The van der Waals surface area contributed by atoms with Crippen LogP contribution in [0.25, 0.3) is 0 Å². The van der Waals surface area contributed by atoms with Crippen LogP contribution < -0.4 is 4.74 Å². The van der Waals surface area contributed by atoms with Crippen molar-refractivity contribution in [3.05, 3.63) is 88.1 Å². The number of hydrogen-bond donors (Lipinski definition) is 0. The number of nitrogens with zero attached hydrogens (tertiary/aromatic N) is 2. The molecular formula is C27H30N2O4S. The summed E-state index contributed by atoms with van der Waals surface area (Å²) in [4.78, 5) is 31.4. The van der Waals surface area contributed by atoms with Crippen LogP contribution in [-0.4, -0.2) is 61.6 Å². The van der Waals surface area contributed by atoms with E-state index >= 15 is 0 Å². The lowest BCUT2D eigenvalue weighted by molar-refractivity contribution is -0.142. The van der Waals surface area contributed by atoms with Gasteiger partial charge in [0.2, 0.25) is 11.8 Å². The number of benzene rings is 2. The number of methoxy groups -OCH3 is 1. The number of fused-ring (bicyclic) bond motifs is 1. The Balaban J connectivity index is 1.47. The zero-order chi connectivity index (χ0) is 23.8. The second-order valence-corrected chi connectivity index (χ2v) is 9.25. The van der Waals surface area contributed by atoms with Crippen LogP contribution in [0.4, 0.5) is 0 Å². The zero-order valence-electron chi connectivity index (χ0n) is 19.4. The molecule has 0 N–H and O–H groups in total. The van der Waals surface area contributed by atoms with Crippen LogP contribution in [0.15, 0.2) is 72.1 Å². The number of ether oxygens (including phenoxy) is 2. The molecule has 0 fully saturated rings. The Bertz CT molecular complexity index is 1070. The molecule has 6 nitrogen and oxygen atoms in total. The molecule has 1 aromatic heterocycles. The molecule has 2 aromatic carbocycles. The fourth-order valence-electron chi connectivity index (χ4n) is 4.20. The van der Waals surface area contributed by atoms with E-state index in [-0.39, 0.29) is 30.8 Å². The number of thiophene rings is 1. The average molecular weight is 479 g/mol. The van der Waals surface area contributed by atoms with Gasteiger partial charge in [0.15, 0.2) is 0 Å². The summed E-state index contributed by atoms with van der Waals surface area (Å²) in [7, 11) is 1.60. The number of rotatable bonds is 10. The van der Waals surface area contributed by atoms with Gasteiger partial charge in [-0.1, -0.05) is 48.5 Å². The maximum absolute atomic E-state index is 13.5. The van der Waals surface area contributed by atoms with E-state index in [1.54, 1.807) is 23.3 Å². The molecule has 3 aromatic rings. The third kappa shape index (κ3) is 6.04. The largest absolute Gasteiger partial charge is 0.491 e. The quantitative estimate of drug-likeness (QED) is 0.443. The molecule has 4 rings (SSSR count). The van der Waals surface area contributed by atoms with E-state index < -0.39 is 0 Å².